The van der Waals surface area contributed by atoms with E-state index in [4.69, 9.17) is 4.74 Å². The lowest BCUT2D eigenvalue weighted by Crippen LogP contribution is -2.45. The van der Waals surface area contributed by atoms with E-state index in [2.05, 4.69) is 0 Å². The topological polar surface area (TPSA) is 63.7 Å². The van der Waals surface area contributed by atoms with E-state index in [0.717, 1.165) is 0 Å². The van der Waals surface area contributed by atoms with Crippen LogP contribution in [0.5, 0.6) is 0 Å². The zero-order valence-corrected chi connectivity index (χ0v) is 10.4. The molecule has 1 aliphatic carbocycles. The van der Waals surface area contributed by atoms with Crippen LogP contribution in [0.4, 0.5) is 9.18 Å². The number of carbonyl (C=O) groups is 1. The van der Waals surface area contributed by atoms with Crippen LogP contribution in [0.1, 0.15) is 33.6 Å². The van der Waals surface area contributed by atoms with Crippen LogP contribution in [0.2, 0.25) is 0 Å². The van der Waals surface area contributed by atoms with Crippen LogP contribution in [0.3, 0.4) is 0 Å². The quantitative estimate of drug-likeness (QED) is 0.769. The van der Waals surface area contributed by atoms with Gasteiger partial charge in [0.2, 0.25) is 10.9 Å². The SMILES string of the molecule is CC(C)(C)OC(=O)N([SH](=O)=O)C1(CF)CC1. The van der Waals surface area contributed by atoms with Gasteiger partial charge in [0.25, 0.3) is 0 Å². The molecule has 0 radical (unpaired) electrons. The minimum absolute atomic E-state index is 0.353. The summed E-state index contributed by atoms with van der Waals surface area (Å²) in [6.45, 7) is 4.00. The zero-order valence-electron chi connectivity index (χ0n) is 9.53. The average molecular weight is 253 g/mol. The summed E-state index contributed by atoms with van der Waals surface area (Å²) in [5, 5.41) is 0. The van der Waals surface area contributed by atoms with Gasteiger partial charge in [-0.1, -0.05) is 0 Å². The predicted octanol–water partition coefficient (Wildman–Crippen LogP) is 1.25. The van der Waals surface area contributed by atoms with E-state index in [1.165, 1.54) is 0 Å². The van der Waals surface area contributed by atoms with Gasteiger partial charge >= 0.3 is 6.09 Å². The van der Waals surface area contributed by atoms with Crippen molar-refractivity contribution in [2.45, 2.75) is 44.8 Å². The molecule has 1 rings (SSSR count). The van der Waals surface area contributed by atoms with Crippen LogP contribution in [0.25, 0.3) is 0 Å². The first-order valence-electron chi connectivity index (χ1n) is 4.95. The number of carbonyl (C=O) groups excluding carboxylic acids is 1. The number of thiol groups is 1. The van der Waals surface area contributed by atoms with Crippen LogP contribution >= 0.6 is 0 Å². The Morgan fingerprint density at radius 3 is 2.19 bits per heavy atom. The lowest BCUT2D eigenvalue weighted by atomic mass is 10.2. The number of halogens is 1. The third-order valence-electron chi connectivity index (χ3n) is 2.25. The van der Waals surface area contributed by atoms with Gasteiger partial charge in [0, 0.05) is 0 Å². The first-order chi connectivity index (χ1) is 7.22. The third-order valence-corrected chi connectivity index (χ3v) is 3.17. The fraction of sp³-hybridized carbons (Fsp3) is 0.889. The normalized spacial score (nSPS) is 18.3. The van der Waals surface area contributed by atoms with Crippen molar-refractivity contribution in [1.82, 2.24) is 4.31 Å². The second-order valence-electron chi connectivity index (χ2n) is 4.89. The largest absolute Gasteiger partial charge is 0.443 e. The summed E-state index contributed by atoms with van der Waals surface area (Å²) in [7, 11) is -3.17. The van der Waals surface area contributed by atoms with Crippen LogP contribution in [-0.2, 0) is 15.6 Å². The lowest BCUT2D eigenvalue weighted by molar-refractivity contribution is 0.0307. The highest BCUT2D eigenvalue weighted by Crippen LogP contribution is 2.42. The van der Waals surface area contributed by atoms with Gasteiger partial charge in [-0.15, -0.1) is 0 Å². The van der Waals surface area contributed by atoms with Crippen molar-refractivity contribution in [3.63, 3.8) is 0 Å². The Hall–Kier alpha value is -0.850. The highest BCUT2D eigenvalue weighted by atomic mass is 32.2. The molecule has 16 heavy (non-hydrogen) atoms. The molecule has 7 heteroatoms. The molecule has 0 heterocycles. The maximum absolute atomic E-state index is 12.7. The van der Waals surface area contributed by atoms with Crippen LogP contribution < -0.4 is 0 Å². The highest BCUT2D eigenvalue weighted by Gasteiger charge is 2.53. The van der Waals surface area contributed by atoms with Gasteiger partial charge in [-0.25, -0.2) is 17.6 Å². The lowest BCUT2D eigenvalue weighted by Gasteiger charge is -2.27. The van der Waals surface area contributed by atoms with Crippen molar-refractivity contribution in [2.24, 2.45) is 0 Å². The van der Waals surface area contributed by atoms with Gasteiger partial charge in [0.1, 0.15) is 12.3 Å². The number of alkyl halides is 1. The second-order valence-corrected chi connectivity index (χ2v) is 5.76. The minimum Gasteiger partial charge on any atom is -0.443 e. The van der Waals surface area contributed by atoms with E-state index >= 15 is 0 Å². The highest BCUT2D eigenvalue weighted by molar-refractivity contribution is 7.70. The number of rotatable bonds is 3. The minimum atomic E-state index is -3.17. The standard InChI is InChI=1S/C9H16FNO4S/c1-8(2,3)15-7(12)11(16(13)14)9(6-10)4-5-9/h16H,4-6H2,1-3H3. The van der Waals surface area contributed by atoms with Crippen molar-refractivity contribution in [3.05, 3.63) is 0 Å². The molecule has 0 saturated heterocycles. The molecule has 0 aliphatic heterocycles. The smallest absolute Gasteiger partial charge is 0.424 e. The van der Waals surface area contributed by atoms with Crippen molar-refractivity contribution in [2.75, 3.05) is 6.67 Å². The van der Waals surface area contributed by atoms with E-state index in [-0.39, 0.29) is 0 Å². The van der Waals surface area contributed by atoms with E-state index in [1.54, 1.807) is 20.8 Å². The molecule has 0 aromatic rings. The zero-order chi connectivity index (χ0) is 12.6. The Balaban J connectivity index is 2.84. The summed E-state index contributed by atoms with van der Waals surface area (Å²) < 4.78 is 40.1. The molecule has 1 fully saturated rings. The number of hydrogen-bond acceptors (Lipinski definition) is 4. The van der Waals surface area contributed by atoms with Gasteiger partial charge in [-0.2, -0.15) is 4.31 Å². The van der Waals surface area contributed by atoms with Crippen molar-refractivity contribution >= 4 is 17.0 Å². The Bertz CT molecular complexity index is 349. The number of nitrogens with zero attached hydrogens (tertiary/aromatic N) is 1. The monoisotopic (exact) mass is 253 g/mol. The van der Waals surface area contributed by atoms with Crippen molar-refractivity contribution in [1.29, 1.82) is 0 Å². The fourth-order valence-electron chi connectivity index (χ4n) is 1.29. The molecule has 0 aromatic heterocycles. The molecule has 0 bridgehead atoms. The first kappa shape index (κ1) is 13.2. The third kappa shape index (κ3) is 2.84. The fourth-order valence-corrected chi connectivity index (χ4v) is 2.06. The van der Waals surface area contributed by atoms with Gasteiger partial charge in [0.15, 0.2) is 0 Å². The van der Waals surface area contributed by atoms with Gasteiger partial charge in [-0.3, -0.25) is 0 Å². The van der Waals surface area contributed by atoms with Crippen molar-refractivity contribution in [3.8, 4) is 0 Å². The van der Waals surface area contributed by atoms with Crippen LogP contribution in [-0.4, -0.2) is 36.6 Å². The molecule has 0 spiro atoms. The number of amides is 1. The Morgan fingerprint density at radius 1 is 1.44 bits per heavy atom. The molecule has 5 nitrogen and oxygen atoms in total. The van der Waals surface area contributed by atoms with Crippen LogP contribution in [0, 0.1) is 0 Å². The van der Waals surface area contributed by atoms with Crippen LogP contribution in [0.15, 0.2) is 0 Å². The second kappa shape index (κ2) is 4.20. The molecule has 0 unspecified atom stereocenters. The molecule has 1 amide bonds. The molecule has 0 aromatic carbocycles. The summed E-state index contributed by atoms with van der Waals surface area (Å²) >= 11 is 0. The van der Waals surface area contributed by atoms with Crippen molar-refractivity contribution < 1.29 is 22.3 Å². The maximum atomic E-state index is 12.7. The van der Waals surface area contributed by atoms with E-state index in [0.29, 0.717) is 17.1 Å². The summed E-state index contributed by atoms with van der Waals surface area (Å²) in [5.41, 5.74) is -1.98. The van der Waals surface area contributed by atoms with Gasteiger partial charge < -0.3 is 4.74 Å². The Kier molecular flexibility index (Phi) is 3.47. The Labute approximate surface area is 95.6 Å². The molecule has 94 valence electrons. The summed E-state index contributed by atoms with van der Waals surface area (Å²) in [6.07, 6.45) is -0.295. The van der Waals surface area contributed by atoms with E-state index in [1.807, 2.05) is 0 Å². The molecule has 1 saturated carbocycles. The summed E-state index contributed by atoms with van der Waals surface area (Å²) in [4.78, 5) is 11.6. The number of ether oxygens (including phenoxy) is 1. The summed E-state index contributed by atoms with van der Waals surface area (Å²) in [5.74, 6) is 0. The van der Waals surface area contributed by atoms with Gasteiger partial charge in [-0.05, 0) is 33.6 Å². The molecular weight excluding hydrogens is 237 g/mol. The molecule has 0 N–H and O–H groups in total. The Morgan fingerprint density at radius 2 is 1.94 bits per heavy atom. The van der Waals surface area contributed by atoms with E-state index in [9.17, 15) is 17.6 Å². The molecule has 0 atom stereocenters. The molecular formula is C9H16FNO4S. The molecule has 1 aliphatic rings. The predicted molar refractivity (Wildman–Crippen MR) is 56.3 cm³/mol. The average Bonchev–Trinajstić information content (AvgIpc) is 2.81. The number of hydrogen-bond donors (Lipinski definition) is 1. The first-order valence-corrected chi connectivity index (χ1v) is 6.08. The van der Waals surface area contributed by atoms with Gasteiger partial charge in [0.05, 0.1) is 5.54 Å². The summed E-state index contributed by atoms with van der Waals surface area (Å²) in [6, 6.07) is 0. The maximum Gasteiger partial charge on any atom is 0.424 e. The van der Waals surface area contributed by atoms with E-state index < -0.39 is 34.8 Å².